The summed E-state index contributed by atoms with van der Waals surface area (Å²) >= 11 is 1.28. The third-order valence-corrected chi connectivity index (χ3v) is 5.91. The van der Waals surface area contributed by atoms with Crippen LogP contribution in [0.1, 0.15) is 35.6 Å². The van der Waals surface area contributed by atoms with Gasteiger partial charge in [0.05, 0.1) is 5.56 Å². The molecular formula is C25H23N5OS. The maximum Gasteiger partial charge on any atom is 0.225 e. The highest BCUT2D eigenvalue weighted by Crippen LogP contribution is 2.36. The Kier molecular flexibility index (Phi) is 7.49. The van der Waals surface area contributed by atoms with Gasteiger partial charge in [-0.3, -0.25) is 4.79 Å². The van der Waals surface area contributed by atoms with Crippen molar-refractivity contribution in [2.75, 3.05) is 16.8 Å². The molecule has 3 aromatic rings. The fraction of sp³-hybridized carbons (Fsp3) is 0.200. The van der Waals surface area contributed by atoms with Gasteiger partial charge in [-0.25, -0.2) is 4.98 Å². The van der Waals surface area contributed by atoms with Crippen molar-refractivity contribution in [3.05, 3.63) is 70.8 Å². The predicted octanol–water partition coefficient (Wildman–Crippen LogP) is 5.07. The Morgan fingerprint density at radius 3 is 2.47 bits per heavy atom. The molecule has 1 aromatic heterocycles. The Bertz CT molecular complexity index is 1220. The molecule has 0 fully saturated rings. The lowest BCUT2D eigenvalue weighted by atomic mass is 9.96. The molecule has 0 aliphatic carbocycles. The molecule has 1 amide bonds. The molecule has 0 aliphatic heterocycles. The summed E-state index contributed by atoms with van der Waals surface area (Å²) in [5.74, 6) is 0.366. The van der Waals surface area contributed by atoms with E-state index in [1.165, 1.54) is 11.8 Å². The lowest BCUT2D eigenvalue weighted by Gasteiger charge is -2.13. The molecule has 0 saturated heterocycles. The van der Waals surface area contributed by atoms with Crippen LogP contribution in [0.15, 0.2) is 53.6 Å². The van der Waals surface area contributed by atoms with Gasteiger partial charge in [0, 0.05) is 23.4 Å². The van der Waals surface area contributed by atoms with Crippen LogP contribution in [-0.2, 0) is 11.2 Å². The van der Waals surface area contributed by atoms with Crippen molar-refractivity contribution in [1.29, 1.82) is 10.5 Å². The minimum atomic E-state index is -0.126. The van der Waals surface area contributed by atoms with Crippen molar-refractivity contribution in [3.8, 4) is 23.3 Å². The number of nitrogen functional groups attached to an aromatic ring is 1. The fourth-order valence-corrected chi connectivity index (χ4v) is 4.22. The maximum atomic E-state index is 12.3. The molecule has 1 heterocycles. The van der Waals surface area contributed by atoms with Crippen molar-refractivity contribution in [2.45, 2.75) is 31.7 Å². The summed E-state index contributed by atoms with van der Waals surface area (Å²) in [6.45, 7) is 4.02. The second-order valence-corrected chi connectivity index (χ2v) is 8.30. The van der Waals surface area contributed by atoms with Crippen LogP contribution in [0.2, 0.25) is 0 Å². The van der Waals surface area contributed by atoms with Gasteiger partial charge in [-0.05, 0) is 42.2 Å². The second-order valence-electron chi connectivity index (χ2n) is 7.22. The van der Waals surface area contributed by atoms with Gasteiger partial charge in [-0.1, -0.05) is 43.3 Å². The number of carbonyl (C=O) groups excluding carboxylic acids is 1. The molecule has 2 aromatic carbocycles. The van der Waals surface area contributed by atoms with Crippen molar-refractivity contribution in [3.63, 3.8) is 0 Å². The van der Waals surface area contributed by atoms with Gasteiger partial charge in [0.15, 0.2) is 0 Å². The van der Waals surface area contributed by atoms with E-state index >= 15 is 0 Å². The Hall–Kier alpha value is -3.81. The molecule has 0 bridgehead atoms. The van der Waals surface area contributed by atoms with Gasteiger partial charge in [-0.15, -0.1) is 11.8 Å². The minimum Gasteiger partial charge on any atom is -0.383 e. The lowest BCUT2D eigenvalue weighted by molar-refractivity contribution is -0.115. The molecule has 0 unspecified atom stereocenters. The smallest absolute Gasteiger partial charge is 0.225 e. The Labute approximate surface area is 192 Å². The molecule has 6 nitrogen and oxygen atoms in total. The van der Waals surface area contributed by atoms with Gasteiger partial charge in [0.1, 0.15) is 28.5 Å². The van der Waals surface area contributed by atoms with E-state index in [1.807, 2.05) is 55.5 Å². The lowest BCUT2D eigenvalue weighted by Crippen LogP contribution is -2.12. The molecule has 7 heteroatoms. The largest absolute Gasteiger partial charge is 0.383 e. The average Bonchev–Trinajstić information content (AvgIpc) is 2.78. The van der Waals surface area contributed by atoms with E-state index in [0.717, 1.165) is 28.8 Å². The highest BCUT2D eigenvalue weighted by atomic mass is 32.2. The number of amides is 1. The molecule has 0 radical (unpaired) electrons. The molecule has 0 spiro atoms. The Morgan fingerprint density at radius 1 is 1.12 bits per heavy atom. The summed E-state index contributed by atoms with van der Waals surface area (Å²) in [6, 6.07) is 19.6. The number of carbonyl (C=O) groups is 1. The van der Waals surface area contributed by atoms with Gasteiger partial charge >= 0.3 is 0 Å². The van der Waals surface area contributed by atoms with Gasteiger partial charge in [0.25, 0.3) is 0 Å². The van der Waals surface area contributed by atoms with Crippen LogP contribution in [0.4, 0.5) is 11.5 Å². The number of nitrogens with zero attached hydrogens (tertiary/aromatic N) is 3. The first-order chi connectivity index (χ1) is 15.5. The number of aryl methyl sites for hydroxylation is 2. The SMILES string of the molecule is CCc1ccc(-c2c(C#N)c(N)nc(SCCC(=O)Nc3cccc(C)c3)c2C#N)cc1. The normalized spacial score (nSPS) is 10.2. The van der Waals surface area contributed by atoms with Crippen LogP contribution >= 0.6 is 11.8 Å². The fourth-order valence-electron chi connectivity index (χ4n) is 3.29. The number of thioether (sulfide) groups is 1. The van der Waals surface area contributed by atoms with Crippen LogP contribution in [0.5, 0.6) is 0 Å². The van der Waals surface area contributed by atoms with Gasteiger partial charge < -0.3 is 11.1 Å². The molecule has 0 atom stereocenters. The van der Waals surface area contributed by atoms with Crippen molar-refractivity contribution in [1.82, 2.24) is 4.98 Å². The van der Waals surface area contributed by atoms with E-state index in [4.69, 9.17) is 5.73 Å². The molecule has 3 N–H and O–H groups in total. The van der Waals surface area contributed by atoms with Crippen LogP contribution in [0.25, 0.3) is 11.1 Å². The van der Waals surface area contributed by atoms with Crippen molar-refractivity contribution < 1.29 is 4.79 Å². The highest BCUT2D eigenvalue weighted by Gasteiger charge is 2.20. The van der Waals surface area contributed by atoms with Gasteiger partial charge in [0.2, 0.25) is 5.91 Å². The number of anilines is 2. The summed E-state index contributed by atoms with van der Waals surface area (Å²) in [5.41, 5.74) is 10.7. The summed E-state index contributed by atoms with van der Waals surface area (Å²) in [6.07, 6.45) is 1.13. The summed E-state index contributed by atoms with van der Waals surface area (Å²) in [7, 11) is 0. The summed E-state index contributed by atoms with van der Waals surface area (Å²) in [5, 5.41) is 22.8. The Morgan fingerprint density at radius 2 is 1.84 bits per heavy atom. The van der Waals surface area contributed by atoms with E-state index in [-0.39, 0.29) is 23.7 Å². The number of nitrogens with one attached hydrogen (secondary N) is 1. The molecular weight excluding hydrogens is 418 g/mol. The third-order valence-electron chi connectivity index (χ3n) is 4.94. The monoisotopic (exact) mass is 441 g/mol. The number of hydrogen-bond acceptors (Lipinski definition) is 6. The number of rotatable bonds is 7. The number of benzene rings is 2. The quantitative estimate of drug-likeness (QED) is 0.495. The predicted molar refractivity (Wildman–Crippen MR) is 128 cm³/mol. The first-order valence-electron chi connectivity index (χ1n) is 10.2. The Balaban J connectivity index is 1.82. The average molecular weight is 442 g/mol. The zero-order valence-electron chi connectivity index (χ0n) is 18.0. The van der Waals surface area contributed by atoms with E-state index in [9.17, 15) is 15.3 Å². The second kappa shape index (κ2) is 10.5. The third kappa shape index (κ3) is 5.26. The number of pyridine rings is 1. The van der Waals surface area contributed by atoms with Gasteiger partial charge in [-0.2, -0.15) is 10.5 Å². The molecule has 0 aliphatic rings. The van der Waals surface area contributed by atoms with Crippen molar-refractivity contribution >= 4 is 29.2 Å². The van der Waals surface area contributed by atoms with Crippen molar-refractivity contribution in [2.24, 2.45) is 0 Å². The number of nitriles is 2. The van der Waals surface area contributed by atoms with E-state index in [1.54, 1.807) is 0 Å². The molecule has 3 rings (SSSR count). The number of hydrogen-bond donors (Lipinski definition) is 2. The topological polar surface area (TPSA) is 116 Å². The minimum absolute atomic E-state index is 0.0766. The van der Waals surface area contributed by atoms with E-state index in [0.29, 0.717) is 21.9 Å². The van der Waals surface area contributed by atoms with Crippen LogP contribution in [0.3, 0.4) is 0 Å². The zero-order valence-corrected chi connectivity index (χ0v) is 18.8. The number of nitrogens with two attached hydrogens (primary N) is 1. The molecule has 160 valence electrons. The first-order valence-corrected chi connectivity index (χ1v) is 11.2. The zero-order chi connectivity index (χ0) is 23.1. The molecule has 0 saturated carbocycles. The van der Waals surface area contributed by atoms with Crippen LogP contribution in [-0.4, -0.2) is 16.6 Å². The highest BCUT2D eigenvalue weighted by molar-refractivity contribution is 7.99. The van der Waals surface area contributed by atoms with E-state index in [2.05, 4.69) is 29.4 Å². The summed E-state index contributed by atoms with van der Waals surface area (Å²) < 4.78 is 0. The summed E-state index contributed by atoms with van der Waals surface area (Å²) in [4.78, 5) is 16.6. The first kappa shape index (κ1) is 22.9. The number of aromatic nitrogens is 1. The van der Waals surface area contributed by atoms with Crippen LogP contribution in [0, 0.1) is 29.6 Å². The maximum absolute atomic E-state index is 12.3. The standard InChI is InChI=1S/C25H23N5OS/c1-3-17-7-9-18(10-8-17)23-20(14-26)24(28)30-25(21(23)15-27)32-12-11-22(31)29-19-6-4-5-16(2)13-19/h4-10,13H,3,11-12H2,1-2H3,(H2,28,30)(H,29,31). The van der Waals surface area contributed by atoms with Crippen LogP contribution < -0.4 is 11.1 Å². The molecule has 32 heavy (non-hydrogen) atoms. The van der Waals surface area contributed by atoms with E-state index < -0.39 is 0 Å².